The topological polar surface area (TPSA) is 45.1 Å². The third kappa shape index (κ3) is 4.22. The summed E-state index contributed by atoms with van der Waals surface area (Å²) in [4.78, 5) is 4.36. The Morgan fingerprint density at radius 3 is 3.00 bits per heavy atom. The van der Waals surface area contributed by atoms with E-state index in [4.69, 9.17) is 0 Å². The fourth-order valence-electron chi connectivity index (χ4n) is 1.60. The van der Waals surface area contributed by atoms with Crippen molar-refractivity contribution in [2.24, 2.45) is 0 Å². The number of aliphatic hydroxyl groups excluding tert-OH is 1. The van der Waals surface area contributed by atoms with Crippen LogP contribution >= 0.6 is 11.3 Å². The summed E-state index contributed by atoms with van der Waals surface area (Å²) in [5, 5.41) is 16.3. The van der Waals surface area contributed by atoms with Crippen molar-refractivity contribution in [2.45, 2.75) is 44.8 Å². The first kappa shape index (κ1) is 14.4. The summed E-state index contributed by atoms with van der Waals surface area (Å²) in [6.07, 6.45) is 5.90. The number of aliphatic hydroxyl groups is 1. The molecular weight excluding hydrogens is 232 g/mol. The van der Waals surface area contributed by atoms with Gasteiger partial charge in [0.25, 0.3) is 0 Å². The van der Waals surface area contributed by atoms with Gasteiger partial charge in [0.1, 0.15) is 5.01 Å². The molecule has 2 atom stereocenters. The molecule has 0 aliphatic carbocycles. The molecule has 4 heteroatoms. The Balaban J connectivity index is 2.49. The minimum absolute atomic E-state index is 0.136. The van der Waals surface area contributed by atoms with Gasteiger partial charge < -0.3 is 10.4 Å². The zero-order valence-electron chi connectivity index (χ0n) is 10.6. The van der Waals surface area contributed by atoms with Crippen molar-refractivity contribution in [3.05, 3.63) is 29.2 Å². The van der Waals surface area contributed by atoms with E-state index in [1.54, 1.807) is 11.3 Å². The number of allylic oxidation sites excluding steroid dienone is 1. The first-order chi connectivity index (χ1) is 8.12. The monoisotopic (exact) mass is 254 g/mol. The average Bonchev–Trinajstić information content (AvgIpc) is 2.87. The van der Waals surface area contributed by atoms with Crippen LogP contribution in [-0.4, -0.2) is 22.7 Å². The molecule has 0 aromatic carbocycles. The van der Waals surface area contributed by atoms with Crippen molar-refractivity contribution in [1.82, 2.24) is 10.3 Å². The quantitative estimate of drug-likeness (QED) is 0.701. The molecule has 3 nitrogen and oxygen atoms in total. The standard InChI is InChI=1S/C13H22N2OS/c1-4-6-7-11(16)10-15-13(3,5-2)12-14-8-9-17-12/h4,8-9,11,15-16H,1,5-7,10H2,2-3H3. The molecule has 1 rings (SSSR count). The second kappa shape index (κ2) is 6.89. The molecule has 0 aliphatic rings. The van der Waals surface area contributed by atoms with Gasteiger partial charge in [0, 0.05) is 18.1 Å². The van der Waals surface area contributed by atoms with Gasteiger partial charge in [0.05, 0.1) is 11.6 Å². The van der Waals surface area contributed by atoms with E-state index in [0.29, 0.717) is 6.54 Å². The molecule has 1 aromatic rings. The summed E-state index contributed by atoms with van der Waals surface area (Å²) in [7, 11) is 0. The van der Waals surface area contributed by atoms with Gasteiger partial charge in [-0.1, -0.05) is 13.0 Å². The molecule has 0 amide bonds. The van der Waals surface area contributed by atoms with Gasteiger partial charge in [-0.25, -0.2) is 4.98 Å². The number of rotatable bonds is 8. The fourth-order valence-corrected chi connectivity index (χ4v) is 2.45. The normalized spacial score (nSPS) is 16.4. The molecule has 2 N–H and O–H groups in total. The summed E-state index contributed by atoms with van der Waals surface area (Å²) in [5.41, 5.74) is -0.136. The largest absolute Gasteiger partial charge is 0.392 e. The second-order valence-electron chi connectivity index (χ2n) is 4.42. The zero-order valence-corrected chi connectivity index (χ0v) is 11.5. The Morgan fingerprint density at radius 2 is 2.47 bits per heavy atom. The average molecular weight is 254 g/mol. The van der Waals surface area contributed by atoms with E-state index in [1.165, 1.54) is 0 Å². The van der Waals surface area contributed by atoms with Crippen LogP contribution in [0.1, 0.15) is 38.1 Å². The highest BCUT2D eigenvalue weighted by atomic mass is 32.1. The first-order valence-corrected chi connectivity index (χ1v) is 6.94. The SMILES string of the molecule is C=CCCC(O)CNC(C)(CC)c1nccs1. The molecular formula is C13H22N2OS. The second-order valence-corrected chi connectivity index (χ2v) is 5.32. The van der Waals surface area contributed by atoms with Crippen molar-refractivity contribution in [3.63, 3.8) is 0 Å². The van der Waals surface area contributed by atoms with Crippen LogP contribution in [0.4, 0.5) is 0 Å². The van der Waals surface area contributed by atoms with Gasteiger partial charge in [-0.05, 0) is 26.2 Å². The molecule has 17 heavy (non-hydrogen) atoms. The van der Waals surface area contributed by atoms with E-state index in [1.807, 2.05) is 17.7 Å². The highest BCUT2D eigenvalue weighted by Gasteiger charge is 2.27. The van der Waals surface area contributed by atoms with Crippen LogP contribution in [0.15, 0.2) is 24.2 Å². The number of hydrogen-bond donors (Lipinski definition) is 2. The van der Waals surface area contributed by atoms with Crippen molar-refractivity contribution in [3.8, 4) is 0 Å². The van der Waals surface area contributed by atoms with Crippen LogP contribution < -0.4 is 5.32 Å². The lowest BCUT2D eigenvalue weighted by atomic mass is 9.99. The summed E-state index contributed by atoms with van der Waals surface area (Å²) in [5.74, 6) is 0. The van der Waals surface area contributed by atoms with Crippen molar-refractivity contribution in [2.75, 3.05) is 6.54 Å². The third-order valence-corrected chi connectivity index (χ3v) is 4.08. The highest BCUT2D eigenvalue weighted by Crippen LogP contribution is 2.26. The predicted molar refractivity (Wildman–Crippen MR) is 73.2 cm³/mol. The molecule has 1 aromatic heterocycles. The van der Waals surface area contributed by atoms with Gasteiger partial charge in [-0.15, -0.1) is 17.9 Å². The molecule has 0 saturated carbocycles. The maximum atomic E-state index is 9.81. The molecule has 0 saturated heterocycles. The summed E-state index contributed by atoms with van der Waals surface area (Å²) in [6.45, 7) is 8.51. The molecule has 0 radical (unpaired) electrons. The van der Waals surface area contributed by atoms with Gasteiger partial charge in [-0.3, -0.25) is 0 Å². The minimum atomic E-state index is -0.321. The Kier molecular flexibility index (Phi) is 5.82. The fraction of sp³-hybridized carbons (Fsp3) is 0.615. The maximum Gasteiger partial charge on any atom is 0.112 e. The van der Waals surface area contributed by atoms with E-state index in [-0.39, 0.29) is 11.6 Å². The molecule has 0 fully saturated rings. The van der Waals surface area contributed by atoms with Crippen LogP contribution in [0.25, 0.3) is 0 Å². The lowest BCUT2D eigenvalue weighted by Gasteiger charge is -2.28. The molecule has 1 heterocycles. The summed E-state index contributed by atoms with van der Waals surface area (Å²) >= 11 is 1.65. The zero-order chi connectivity index (χ0) is 12.7. The van der Waals surface area contributed by atoms with Gasteiger partial charge in [-0.2, -0.15) is 0 Å². The third-order valence-electron chi connectivity index (χ3n) is 3.04. The Hall–Kier alpha value is -0.710. The lowest BCUT2D eigenvalue weighted by Crippen LogP contribution is -2.43. The minimum Gasteiger partial charge on any atom is -0.392 e. The van der Waals surface area contributed by atoms with E-state index in [9.17, 15) is 5.11 Å². The van der Waals surface area contributed by atoms with Gasteiger partial charge in [0.15, 0.2) is 0 Å². The number of thiazole rings is 1. The number of hydrogen-bond acceptors (Lipinski definition) is 4. The highest BCUT2D eigenvalue weighted by molar-refractivity contribution is 7.09. The molecule has 0 bridgehead atoms. The van der Waals surface area contributed by atoms with E-state index < -0.39 is 0 Å². The van der Waals surface area contributed by atoms with Crippen LogP contribution in [0.5, 0.6) is 0 Å². The van der Waals surface area contributed by atoms with E-state index in [2.05, 4.69) is 30.7 Å². The molecule has 0 aliphatic heterocycles. The lowest BCUT2D eigenvalue weighted by molar-refractivity contribution is 0.147. The van der Waals surface area contributed by atoms with Crippen molar-refractivity contribution >= 4 is 11.3 Å². The maximum absolute atomic E-state index is 9.81. The van der Waals surface area contributed by atoms with Gasteiger partial charge in [0.2, 0.25) is 0 Å². The smallest absolute Gasteiger partial charge is 0.112 e. The summed E-state index contributed by atoms with van der Waals surface area (Å²) in [6, 6.07) is 0. The Morgan fingerprint density at radius 1 is 1.71 bits per heavy atom. The van der Waals surface area contributed by atoms with Crippen molar-refractivity contribution < 1.29 is 5.11 Å². The van der Waals surface area contributed by atoms with E-state index in [0.717, 1.165) is 24.3 Å². The van der Waals surface area contributed by atoms with E-state index >= 15 is 0 Å². The van der Waals surface area contributed by atoms with Crippen LogP contribution in [0.2, 0.25) is 0 Å². The molecule has 0 spiro atoms. The van der Waals surface area contributed by atoms with Crippen LogP contribution in [-0.2, 0) is 5.54 Å². The number of nitrogens with one attached hydrogen (secondary N) is 1. The van der Waals surface area contributed by atoms with Crippen molar-refractivity contribution in [1.29, 1.82) is 0 Å². The van der Waals surface area contributed by atoms with Crippen LogP contribution in [0, 0.1) is 0 Å². The molecule has 96 valence electrons. The summed E-state index contributed by atoms with van der Waals surface area (Å²) < 4.78 is 0. The molecule has 2 unspecified atom stereocenters. The predicted octanol–water partition coefficient (Wildman–Crippen LogP) is 2.69. The first-order valence-electron chi connectivity index (χ1n) is 6.06. The van der Waals surface area contributed by atoms with Gasteiger partial charge >= 0.3 is 0 Å². The Labute approximate surface area is 108 Å². The number of nitrogens with zero attached hydrogens (tertiary/aromatic N) is 1. The number of aromatic nitrogens is 1. The van der Waals surface area contributed by atoms with Crippen LogP contribution in [0.3, 0.4) is 0 Å². The Bertz CT molecular complexity index is 326.